The highest BCUT2D eigenvalue weighted by molar-refractivity contribution is 9.10. The van der Waals surface area contributed by atoms with E-state index < -0.39 is 0 Å². The molecule has 3 unspecified atom stereocenters. The Bertz CT molecular complexity index is 576. The zero-order valence-corrected chi connectivity index (χ0v) is 17.5. The predicted molar refractivity (Wildman–Crippen MR) is 108 cm³/mol. The molecule has 0 aliphatic carbocycles. The second-order valence-electron chi connectivity index (χ2n) is 5.64. The Hall–Kier alpha value is -0.0400. The maximum Gasteiger partial charge on any atom is 0.333 e. The molecule has 1 heterocycles. The minimum atomic E-state index is -0.300. The minimum Gasteiger partial charge on any atom is -0.458 e. The molecule has 1 fully saturated rings. The summed E-state index contributed by atoms with van der Waals surface area (Å²) in [6, 6.07) is 8.57. The van der Waals surface area contributed by atoms with Gasteiger partial charge in [0.1, 0.15) is 6.10 Å². The number of halogens is 1. The van der Waals surface area contributed by atoms with Crippen LogP contribution in [0.3, 0.4) is 0 Å². The molecule has 1 aromatic carbocycles. The number of rotatable bonds is 6. The van der Waals surface area contributed by atoms with Crippen molar-refractivity contribution in [2.75, 3.05) is 11.5 Å². The fourth-order valence-corrected chi connectivity index (χ4v) is 7.60. The van der Waals surface area contributed by atoms with Gasteiger partial charge in [-0.25, -0.2) is 4.79 Å². The molecule has 1 aromatic rings. The third-order valence-electron chi connectivity index (χ3n) is 3.39. The molecule has 1 saturated heterocycles. The van der Waals surface area contributed by atoms with Crippen LogP contribution in [-0.2, 0) is 13.6 Å². The number of esters is 1. The first kappa shape index (κ1) is 19.3. The van der Waals surface area contributed by atoms with E-state index in [4.69, 9.17) is 4.74 Å². The van der Waals surface area contributed by atoms with E-state index >= 15 is 0 Å². The zero-order chi connectivity index (χ0) is 17.0. The van der Waals surface area contributed by atoms with Gasteiger partial charge in [-0.15, -0.1) is 35.3 Å². The van der Waals surface area contributed by atoms with Gasteiger partial charge in [0.25, 0.3) is 0 Å². The quantitative estimate of drug-likeness (QED) is 0.426. The van der Waals surface area contributed by atoms with E-state index in [9.17, 15) is 4.79 Å². The summed E-state index contributed by atoms with van der Waals surface area (Å²) in [5, 5.41) is 0. The molecule has 0 saturated carbocycles. The van der Waals surface area contributed by atoms with Crippen molar-refractivity contribution in [3.05, 3.63) is 46.5 Å². The van der Waals surface area contributed by atoms with E-state index in [0.717, 1.165) is 16.0 Å². The lowest BCUT2D eigenvalue weighted by molar-refractivity contribution is -0.142. The Morgan fingerprint density at radius 1 is 1.52 bits per heavy atom. The molecular formula is C17H21BrO2S3. The maximum absolute atomic E-state index is 11.5. The molecule has 3 atom stereocenters. The van der Waals surface area contributed by atoms with Crippen LogP contribution in [0.15, 0.2) is 40.9 Å². The monoisotopic (exact) mass is 432 g/mol. The Morgan fingerprint density at radius 2 is 2.17 bits per heavy atom. The van der Waals surface area contributed by atoms with Crippen LogP contribution < -0.4 is 0 Å². The normalized spacial score (nSPS) is 25.1. The maximum atomic E-state index is 11.5. The Labute approximate surface area is 159 Å². The summed E-state index contributed by atoms with van der Waals surface area (Å²) in [4.78, 5) is 11.5. The number of benzene rings is 1. The number of carbonyl (C=O) groups excluding carboxylic acids is 1. The van der Waals surface area contributed by atoms with Gasteiger partial charge < -0.3 is 4.74 Å². The summed E-state index contributed by atoms with van der Waals surface area (Å²) in [6.45, 7) is 9.52. The first-order valence-electron chi connectivity index (χ1n) is 7.36. The van der Waals surface area contributed by atoms with Gasteiger partial charge in [0.05, 0.1) is 8.66 Å². The molecular weight excluding hydrogens is 412 g/mol. The molecule has 0 bridgehead atoms. The Morgan fingerprint density at radius 3 is 2.78 bits per heavy atom. The molecule has 0 radical (unpaired) electrons. The minimum absolute atomic E-state index is 0.0886. The first-order valence-corrected chi connectivity index (χ1v) is 11.1. The molecule has 1 aliphatic rings. The lowest BCUT2D eigenvalue weighted by Gasteiger charge is -2.23. The van der Waals surface area contributed by atoms with Gasteiger partial charge in [0, 0.05) is 21.6 Å². The summed E-state index contributed by atoms with van der Waals surface area (Å²) in [7, 11) is 0. The van der Waals surface area contributed by atoms with Gasteiger partial charge in [0.2, 0.25) is 0 Å². The summed E-state index contributed by atoms with van der Waals surface area (Å²) < 4.78 is 7.06. The smallest absolute Gasteiger partial charge is 0.333 e. The summed E-state index contributed by atoms with van der Waals surface area (Å²) in [6.07, 6.45) is -0.0886. The van der Waals surface area contributed by atoms with Crippen LogP contribution in [0.5, 0.6) is 0 Å². The van der Waals surface area contributed by atoms with Crippen molar-refractivity contribution in [3.63, 3.8) is 0 Å². The number of carbonyl (C=O) groups is 1. The Kier molecular flexibility index (Phi) is 7.01. The molecule has 2 nitrogen and oxygen atoms in total. The molecule has 126 valence electrons. The summed E-state index contributed by atoms with van der Waals surface area (Å²) in [5.41, 5.74) is 1.80. The third-order valence-corrected chi connectivity index (χ3v) is 9.29. The fourth-order valence-electron chi connectivity index (χ4n) is 2.09. The molecule has 0 amide bonds. The molecule has 0 spiro atoms. The van der Waals surface area contributed by atoms with Crippen LogP contribution in [0.2, 0.25) is 0 Å². The highest BCUT2D eigenvalue weighted by atomic mass is 79.9. The topological polar surface area (TPSA) is 26.3 Å². The lowest BCUT2D eigenvalue weighted by atomic mass is 10.2. The van der Waals surface area contributed by atoms with Crippen molar-refractivity contribution >= 4 is 57.2 Å². The average molecular weight is 433 g/mol. The molecule has 0 aromatic heterocycles. The standard InChI is InChI=1S/C17H21BrO2S3/c1-11(2)16(19)20-12(3)9-21-15-10-22-17(4,23-15)13-5-7-14(18)8-6-13/h5-8,12,15H,1,9-10H2,2-4H3. The molecule has 0 N–H and O–H groups in total. The largest absolute Gasteiger partial charge is 0.458 e. The Balaban J connectivity index is 1.84. The van der Waals surface area contributed by atoms with Crippen molar-refractivity contribution in [1.29, 1.82) is 0 Å². The SMILES string of the molecule is C=C(C)C(=O)OC(C)CSC1CSC(C)(c2ccc(Br)cc2)S1. The van der Waals surface area contributed by atoms with E-state index in [1.165, 1.54) is 5.56 Å². The second kappa shape index (κ2) is 8.37. The van der Waals surface area contributed by atoms with Gasteiger partial charge >= 0.3 is 5.97 Å². The fraction of sp³-hybridized carbons (Fsp3) is 0.471. The highest BCUT2D eigenvalue weighted by Gasteiger charge is 2.38. The average Bonchev–Trinajstić information content (AvgIpc) is 2.88. The van der Waals surface area contributed by atoms with Gasteiger partial charge in [-0.05, 0) is 38.5 Å². The number of ether oxygens (including phenoxy) is 1. The molecule has 1 aliphatic heterocycles. The van der Waals surface area contributed by atoms with Gasteiger partial charge in [0.15, 0.2) is 0 Å². The summed E-state index contributed by atoms with van der Waals surface area (Å²) in [5.74, 6) is 1.61. The van der Waals surface area contributed by atoms with Crippen LogP contribution >= 0.6 is 51.2 Å². The van der Waals surface area contributed by atoms with Crippen LogP contribution in [0.4, 0.5) is 0 Å². The van der Waals surface area contributed by atoms with Crippen LogP contribution in [0.25, 0.3) is 0 Å². The van der Waals surface area contributed by atoms with Gasteiger partial charge in [-0.2, -0.15) is 0 Å². The van der Waals surface area contributed by atoms with Gasteiger partial charge in [-0.1, -0.05) is 34.6 Å². The lowest BCUT2D eigenvalue weighted by Crippen LogP contribution is -2.18. The van der Waals surface area contributed by atoms with E-state index in [1.54, 1.807) is 6.92 Å². The van der Waals surface area contributed by atoms with E-state index in [2.05, 4.69) is 53.7 Å². The molecule has 23 heavy (non-hydrogen) atoms. The van der Waals surface area contributed by atoms with Crippen molar-refractivity contribution in [2.45, 2.75) is 35.5 Å². The van der Waals surface area contributed by atoms with Crippen LogP contribution in [-0.4, -0.2) is 28.2 Å². The third kappa shape index (κ3) is 5.48. The summed E-state index contributed by atoms with van der Waals surface area (Å²) >= 11 is 9.34. The van der Waals surface area contributed by atoms with E-state index in [-0.39, 0.29) is 16.2 Å². The second-order valence-corrected chi connectivity index (χ2v) is 11.4. The number of hydrogen-bond acceptors (Lipinski definition) is 5. The molecule has 6 heteroatoms. The predicted octanol–water partition coefficient (Wildman–Crippen LogP) is 5.67. The van der Waals surface area contributed by atoms with Crippen molar-refractivity contribution in [1.82, 2.24) is 0 Å². The van der Waals surface area contributed by atoms with Gasteiger partial charge in [-0.3, -0.25) is 0 Å². The molecule has 2 rings (SSSR count). The van der Waals surface area contributed by atoms with E-state index in [0.29, 0.717) is 10.2 Å². The van der Waals surface area contributed by atoms with Crippen molar-refractivity contribution in [3.8, 4) is 0 Å². The van der Waals surface area contributed by atoms with E-state index in [1.807, 2.05) is 42.2 Å². The zero-order valence-electron chi connectivity index (χ0n) is 13.5. The van der Waals surface area contributed by atoms with Crippen LogP contribution in [0.1, 0.15) is 26.3 Å². The number of thioether (sulfide) groups is 3. The van der Waals surface area contributed by atoms with Crippen LogP contribution in [0, 0.1) is 0 Å². The highest BCUT2D eigenvalue weighted by Crippen LogP contribution is 2.57. The number of hydrogen-bond donors (Lipinski definition) is 0. The van der Waals surface area contributed by atoms with Crippen molar-refractivity contribution in [2.24, 2.45) is 0 Å². The first-order chi connectivity index (χ1) is 10.8. The van der Waals surface area contributed by atoms with Crippen molar-refractivity contribution < 1.29 is 9.53 Å².